The van der Waals surface area contributed by atoms with E-state index in [1.807, 2.05) is 13.8 Å². The van der Waals surface area contributed by atoms with Gasteiger partial charge in [-0.3, -0.25) is 4.79 Å². The molecule has 72 valence electrons. The van der Waals surface area contributed by atoms with Gasteiger partial charge in [-0.25, -0.2) is 0 Å². The number of aromatic nitrogens is 1. The van der Waals surface area contributed by atoms with Crippen LogP contribution in [0.2, 0.25) is 0 Å². The van der Waals surface area contributed by atoms with Crippen molar-refractivity contribution in [2.75, 3.05) is 11.5 Å². The van der Waals surface area contributed by atoms with Gasteiger partial charge in [0.05, 0.1) is 0 Å². The van der Waals surface area contributed by atoms with Crippen LogP contribution in [0.3, 0.4) is 0 Å². The fraction of sp³-hybridized carbons (Fsp3) is 0.429. The lowest BCUT2D eigenvalue weighted by atomic mass is 10.2. The van der Waals surface area contributed by atoms with Crippen molar-refractivity contribution in [3.8, 4) is 0 Å². The van der Waals surface area contributed by atoms with E-state index >= 15 is 0 Å². The summed E-state index contributed by atoms with van der Waals surface area (Å²) in [6, 6.07) is 0.0613. The third-order valence-electron chi connectivity index (χ3n) is 1.39. The molecule has 1 rings (SSSR count). The Morgan fingerprint density at radius 2 is 2.15 bits per heavy atom. The maximum atomic E-state index is 11.5. The molecule has 6 heteroatoms. The number of carbonyl (C=O) groups excluding carboxylic acids is 1. The van der Waals surface area contributed by atoms with Crippen molar-refractivity contribution in [2.45, 2.75) is 19.9 Å². The Hall–Kier alpha value is -1.30. The van der Waals surface area contributed by atoms with Crippen LogP contribution in [0.1, 0.15) is 24.2 Å². The highest BCUT2D eigenvalue weighted by atomic mass is 32.1. The topological polar surface area (TPSA) is 94.0 Å². The zero-order valence-electron chi connectivity index (χ0n) is 7.50. The average molecular weight is 200 g/mol. The lowest BCUT2D eigenvalue weighted by Crippen LogP contribution is -2.30. The quantitative estimate of drug-likeness (QED) is 0.646. The van der Waals surface area contributed by atoms with E-state index in [0.717, 1.165) is 11.5 Å². The molecule has 0 aromatic carbocycles. The molecule has 0 aliphatic carbocycles. The summed E-state index contributed by atoms with van der Waals surface area (Å²) >= 11 is 1.03. The van der Waals surface area contributed by atoms with E-state index in [0.29, 0.717) is 10.6 Å². The van der Waals surface area contributed by atoms with Gasteiger partial charge in [-0.1, -0.05) is 0 Å². The summed E-state index contributed by atoms with van der Waals surface area (Å²) in [5, 5.41) is 3.05. The van der Waals surface area contributed by atoms with Gasteiger partial charge < -0.3 is 16.8 Å². The number of carbonyl (C=O) groups is 1. The van der Waals surface area contributed by atoms with Crippen LogP contribution in [0.5, 0.6) is 0 Å². The molecule has 0 aliphatic heterocycles. The lowest BCUT2D eigenvalue weighted by molar-refractivity contribution is 0.0945. The van der Waals surface area contributed by atoms with Crippen molar-refractivity contribution in [2.24, 2.45) is 0 Å². The van der Waals surface area contributed by atoms with Gasteiger partial charge in [-0.15, -0.1) is 0 Å². The van der Waals surface area contributed by atoms with Crippen LogP contribution >= 0.6 is 11.5 Å². The molecule has 0 fully saturated rings. The van der Waals surface area contributed by atoms with Gasteiger partial charge in [-0.2, -0.15) is 4.37 Å². The van der Waals surface area contributed by atoms with E-state index in [1.165, 1.54) is 0 Å². The monoisotopic (exact) mass is 200 g/mol. The van der Waals surface area contributed by atoms with E-state index in [4.69, 9.17) is 11.5 Å². The minimum Gasteiger partial charge on any atom is -0.389 e. The molecule has 13 heavy (non-hydrogen) atoms. The van der Waals surface area contributed by atoms with Crippen LogP contribution < -0.4 is 16.8 Å². The summed E-state index contributed by atoms with van der Waals surface area (Å²) in [5.41, 5.74) is 11.3. The van der Waals surface area contributed by atoms with Gasteiger partial charge in [0.2, 0.25) is 0 Å². The fourth-order valence-electron chi connectivity index (χ4n) is 0.878. The number of hydrogen-bond donors (Lipinski definition) is 3. The minimum absolute atomic E-state index is 0.0613. The Balaban J connectivity index is 2.88. The summed E-state index contributed by atoms with van der Waals surface area (Å²) in [6.07, 6.45) is 0. The van der Waals surface area contributed by atoms with Gasteiger partial charge >= 0.3 is 0 Å². The molecule has 0 radical (unpaired) electrons. The molecule has 5 N–H and O–H groups in total. The van der Waals surface area contributed by atoms with E-state index in [-0.39, 0.29) is 17.8 Å². The van der Waals surface area contributed by atoms with Crippen LogP contribution in [-0.4, -0.2) is 16.3 Å². The number of nitrogens with two attached hydrogens (primary N) is 2. The molecule has 1 aromatic rings. The third-order valence-corrected chi connectivity index (χ3v) is 2.08. The molecule has 0 saturated heterocycles. The van der Waals surface area contributed by atoms with Crippen molar-refractivity contribution in [1.82, 2.24) is 9.69 Å². The second kappa shape index (κ2) is 3.61. The van der Waals surface area contributed by atoms with E-state index in [1.54, 1.807) is 0 Å². The Morgan fingerprint density at radius 3 is 2.54 bits per heavy atom. The number of nitrogen functional groups attached to an aromatic ring is 2. The summed E-state index contributed by atoms with van der Waals surface area (Å²) in [4.78, 5) is 11.5. The number of nitrogens with zero attached hydrogens (tertiary/aromatic N) is 1. The molecule has 1 amide bonds. The second-order valence-electron chi connectivity index (χ2n) is 2.94. The molecule has 1 aromatic heterocycles. The van der Waals surface area contributed by atoms with E-state index in [9.17, 15) is 4.79 Å². The zero-order chi connectivity index (χ0) is 10.0. The van der Waals surface area contributed by atoms with Crippen LogP contribution in [0.25, 0.3) is 0 Å². The highest BCUT2D eigenvalue weighted by Crippen LogP contribution is 2.22. The third kappa shape index (κ3) is 2.09. The largest absolute Gasteiger partial charge is 0.389 e. The van der Waals surface area contributed by atoms with Crippen molar-refractivity contribution in [3.63, 3.8) is 0 Å². The van der Waals surface area contributed by atoms with Crippen molar-refractivity contribution in [1.29, 1.82) is 0 Å². The Kier molecular flexibility index (Phi) is 2.72. The summed E-state index contributed by atoms with van der Waals surface area (Å²) in [5.74, 6) is -0.0700. The number of anilines is 2. The fourth-order valence-corrected chi connectivity index (χ4v) is 1.45. The highest BCUT2D eigenvalue weighted by molar-refractivity contribution is 7.10. The first kappa shape index (κ1) is 9.79. The van der Waals surface area contributed by atoms with Crippen LogP contribution in [0.15, 0.2) is 0 Å². The van der Waals surface area contributed by atoms with Crippen molar-refractivity contribution >= 4 is 28.3 Å². The molecule has 5 nitrogen and oxygen atoms in total. The molecule has 0 bridgehead atoms. The first-order valence-electron chi connectivity index (χ1n) is 3.84. The smallest absolute Gasteiger partial charge is 0.258 e. The Bertz CT molecular complexity index is 301. The van der Waals surface area contributed by atoms with Crippen LogP contribution in [-0.2, 0) is 0 Å². The van der Waals surface area contributed by atoms with Gasteiger partial charge in [0.15, 0.2) is 5.82 Å². The van der Waals surface area contributed by atoms with Crippen LogP contribution in [0, 0.1) is 0 Å². The molecule has 0 saturated carbocycles. The second-order valence-corrected chi connectivity index (χ2v) is 3.74. The average Bonchev–Trinajstić information content (AvgIpc) is 2.29. The SMILES string of the molecule is CC(C)NC(=O)c1c(N)nsc1N. The number of nitrogens with one attached hydrogen (secondary N) is 1. The summed E-state index contributed by atoms with van der Waals surface area (Å²) in [7, 11) is 0. The van der Waals surface area contributed by atoms with Gasteiger partial charge in [0, 0.05) is 6.04 Å². The predicted molar refractivity (Wildman–Crippen MR) is 53.5 cm³/mol. The molecule has 0 spiro atoms. The summed E-state index contributed by atoms with van der Waals surface area (Å²) in [6.45, 7) is 3.73. The molecule has 0 atom stereocenters. The lowest BCUT2D eigenvalue weighted by Gasteiger charge is -2.07. The van der Waals surface area contributed by atoms with E-state index in [2.05, 4.69) is 9.69 Å². The van der Waals surface area contributed by atoms with E-state index < -0.39 is 0 Å². The van der Waals surface area contributed by atoms with Gasteiger partial charge in [0.1, 0.15) is 10.6 Å². The summed E-state index contributed by atoms with van der Waals surface area (Å²) < 4.78 is 3.78. The van der Waals surface area contributed by atoms with Crippen LogP contribution in [0.4, 0.5) is 10.8 Å². The highest BCUT2D eigenvalue weighted by Gasteiger charge is 2.17. The minimum atomic E-state index is -0.265. The normalized spacial score (nSPS) is 10.4. The maximum absolute atomic E-state index is 11.5. The first-order valence-corrected chi connectivity index (χ1v) is 4.61. The standard InChI is InChI=1S/C7H12N4OS/c1-3(2)10-7(12)4-5(8)11-13-6(4)9/h3H,9H2,1-2H3,(H2,8,11)(H,10,12). The zero-order valence-corrected chi connectivity index (χ0v) is 8.31. The predicted octanol–water partition coefficient (Wildman–Crippen LogP) is 0.446. The Labute approximate surface area is 80.3 Å². The van der Waals surface area contributed by atoms with Gasteiger partial charge in [-0.05, 0) is 25.4 Å². The van der Waals surface area contributed by atoms with Crippen molar-refractivity contribution in [3.05, 3.63) is 5.56 Å². The molecule has 0 aliphatic rings. The molecule has 0 unspecified atom stereocenters. The number of amides is 1. The first-order chi connectivity index (χ1) is 6.02. The molecular weight excluding hydrogens is 188 g/mol. The van der Waals surface area contributed by atoms with Gasteiger partial charge in [0.25, 0.3) is 5.91 Å². The van der Waals surface area contributed by atoms with Crippen molar-refractivity contribution < 1.29 is 4.79 Å². The molecule has 1 heterocycles. The number of rotatable bonds is 2. The molecular formula is C7H12N4OS. The Morgan fingerprint density at radius 1 is 1.54 bits per heavy atom. The maximum Gasteiger partial charge on any atom is 0.258 e. The number of hydrogen-bond acceptors (Lipinski definition) is 5.